The molecule has 7 heteroatoms. The van der Waals surface area contributed by atoms with Crippen molar-refractivity contribution in [1.29, 1.82) is 0 Å². The molecule has 0 aliphatic carbocycles. The maximum absolute atomic E-state index is 12.3. The zero-order chi connectivity index (χ0) is 17.3. The molecular formula is C17H20N4O3. The molecule has 1 aliphatic heterocycles. The summed E-state index contributed by atoms with van der Waals surface area (Å²) in [6, 6.07) is 6.90. The number of H-pyrrole nitrogens is 1. The Morgan fingerprint density at radius 3 is 2.67 bits per heavy atom. The van der Waals surface area contributed by atoms with Crippen LogP contribution in [-0.2, 0) is 16.1 Å². The maximum Gasteiger partial charge on any atom is 0.322 e. The fourth-order valence-corrected chi connectivity index (χ4v) is 2.94. The Labute approximate surface area is 139 Å². The van der Waals surface area contributed by atoms with E-state index in [2.05, 4.69) is 15.6 Å². The van der Waals surface area contributed by atoms with Gasteiger partial charge in [-0.15, -0.1) is 0 Å². The van der Waals surface area contributed by atoms with Crippen LogP contribution in [-0.4, -0.2) is 40.8 Å². The number of nitrogens with zero attached hydrogens (tertiary/aromatic N) is 1. The highest BCUT2D eigenvalue weighted by molar-refractivity contribution is 6.04. The topological polar surface area (TPSA) is 94.3 Å². The van der Waals surface area contributed by atoms with Crippen LogP contribution in [0.2, 0.25) is 0 Å². The lowest BCUT2D eigenvalue weighted by Gasteiger charge is -2.17. The van der Waals surface area contributed by atoms with Crippen LogP contribution >= 0.6 is 0 Å². The SMILES string of the molecule is Cc1c(CN(C)C(=O)CCC2NC(=O)NC2=O)[nH]c2ccccc12. The van der Waals surface area contributed by atoms with Crippen LogP contribution in [0.4, 0.5) is 4.79 Å². The standard InChI is InChI=1S/C17H20N4O3/c1-10-11-5-3-4-6-12(11)18-14(10)9-21(2)15(22)8-7-13-16(23)20-17(24)19-13/h3-6,13,18H,7-9H2,1-2H3,(H2,19,20,23,24). The molecule has 3 rings (SSSR count). The molecular weight excluding hydrogens is 308 g/mol. The molecule has 2 aromatic rings. The highest BCUT2D eigenvalue weighted by Crippen LogP contribution is 2.22. The van der Waals surface area contributed by atoms with E-state index in [4.69, 9.17) is 0 Å². The third-order valence-corrected chi connectivity index (χ3v) is 4.40. The fourth-order valence-electron chi connectivity index (χ4n) is 2.94. The largest absolute Gasteiger partial charge is 0.357 e. The van der Waals surface area contributed by atoms with Crippen molar-refractivity contribution in [3.63, 3.8) is 0 Å². The van der Waals surface area contributed by atoms with Crippen molar-refractivity contribution < 1.29 is 14.4 Å². The predicted octanol–water partition coefficient (Wildman–Crippen LogP) is 1.42. The van der Waals surface area contributed by atoms with E-state index in [9.17, 15) is 14.4 Å². The van der Waals surface area contributed by atoms with Gasteiger partial charge in [-0.05, 0) is 25.0 Å². The third kappa shape index (κ3) is 3.10. The second kappa shape index (κ2) is 6.35. The average molecular weight is 328 g/mol. The second-order valence-electron chi connectivity index (χ2n) is 6.08. The molecule has 0 bridgehead atoms. The van der Waals surface area contributed by atoms with Gasteiger partial charge in [0, 0.05) is 30.1 Å². The van der Waals surface area contributed by atoms with Gasteiger partial charge < -0.3 is 15.2 Å². The molecule has 1 aromatic heterocycles. The first-order valence-corrected chi connectivity index (χ1v) is 7.87. The quantitative estimate of drug-likeness (QED) is 0.725. The summed E-state index contributed by atoms with van der Waals surface area (Å²) in [5, 5.41) is 5.81. The number of rotatable bonds is 5. The summed E-state index contributed by atoms with van der Waals surface area (Å²) in [7, 11) is 1.74. The molecule has 1 aromatic carbocycles. The summed E-state index contributed by atoms with van der Waals surface area (Å²) in [5.41, 5.74) is 3.18. The number of aryl methyl sites for hydroxylation is 1. The normalized spacial score (nSPS) is 17.0. The van der Waals surface area contributed by atoms with Gasteiger partial charge in [-0.25, -0.2) is 4.79 Å². The van der Waals surface area contributed by atoms with E-state index in [1.807, 2.05) is 31.2 Å². The summed E-state index contributed by atoms with van der Waals surface area (Å²) in [6.45, 7) is 2.51. The number of urea groups is 1. The molecule has 3 N–H and O–H groups in total. The lowest BCUT2D eigenvalue weighted by Crippen LogP contribution is -2.32. The Bertz CT molecular complexity index is 811. The number of carbonyl (C=O) groups excluding carboxylic acids is 3. The van der Waals surface area contributed by atoms with Crippen LogP contribution < -0.4 is 10.6 Å². The van der Waals surface area contributed by atoms with Crippen LogP contribution in [0.15, 0.2) is 24.3 Å². The molecule has 1 fully saturated rings. The number of para-hydroxylation sites is 1. The maximum atomic E-state index is 12.3. The molecule has 0 spiro atoms. The summed E-state index contributed by atoms with van der Waals surface area (Å²) in [4.78, 5) is 39.8. The molecule has 24 heavy (non-hydrogen) atoms. The summed E-state index contributed by atoms with van der Waals surface area (Å²) < 4.78 is 0. The lowest BCUT2D eigenvalue weighted by atomic mass is 10.1. The van der Waals surface area contributed by atoms with E-state index in [0.29, 0.717) is 13.0 Å². The number of aromatic nitrogens is 1. The van der Waals surface area contributed by atoms with Gasteiger partial charge in [0.15, 0.2) is 0 Å². The number of carbonyl (C=O) groups is 3. The number of hydrogen-bond donors (Lipinski definition) is 3. The number of fused-ring (bicyclic) bond motifs is 1. The van der Waals surface area contributed by atoms with E-state index in [0.717, 1.165) is 22.2 Å². The zero-order valence-corrected chi connectivity index (χ0v) is 13.7. The van der Waals surface area contributed by atoms with Crippen molar-refractivity contribution in [2.45, 2.75) is 32.4 Å². The summed E-state index contributed by atoms with van der Waals surface area (Å²) >= 11 is 0. The van der Waals surface area contributed by atoms with Gasteiger partial charge in [0.05, 0.1) is 6.54 Å². The molecule has 1 unspecified atom stereocenters. The summed E-state index contributed by atoms with van der Waals surface area (Å²) in [6.07, 6.45) is 0.501. The minimum absolute atomic E-state index is 0.0676. The number of hydrogen-bond acceptors (Lipinski definition) is 3. The number of aromatic amines is 1. The van der Waals surface area contributed by atoms with Crippen LogP contribution in [0.3, 0.4) is 0 Å². The fraction of sp³-hybridized carbons (Fsp3) is 0.353. The van der Waals surface area contributed by atoms with Crippen molar-refractivity contribution in [1.82, 2.24) is 20.5 Å². The smallest absolute Gasteiger partial charge is 0.322 e. The summed E-state index contributed by atoms with van der Waals surface area (Å²) in [5.74, 6) is -0.441. The Morgan fingerprint density at radius 2 is 2.00 bits per heavy atom. The molecule has 1 aliphatic rings. The van der Waals surface area contributed by atoms with E-state index in [1.165, 1.54) is 0 Å². The minimum atomic E-state index is -0.621. The van der Waals surface area contributed by atoms with E-state index < -0.39 is 12.1 Å². The van der Waals surface area contributed by atoms with Crippen LogP contribution in [0.1, 0.15) is 24.1 Å². The Balaban J connectivity index is 1.60. The van der Waals surface area contributed by atoms with Crippen LogP contribution in [0, 0.1) is 6.92 Å². The molecule has 0 saturated carbocycles. The first-order valence-electron chi connectivity index (χ1n) is 7.87. The van der Waals surface area contributed by atoms with Gasteiger partial charge in [-0.3, -0.25) is 14.9 Å². The lowest BCUT2D eigenvalue weighted by molar-refractivity contribution is -0.130. The molecule has 4 amide bonds. The van der Waals surface area contributed by atoms with Crippen molar-refractivity contribution in [3.05, 3.63) is 35.5 Å². The third-order valence-electron chi connectivity index (χ3n) is 4.40. The Kier molecular flexibility index (Phi) is 4.24. The van der Waals surface area contributed by atoms with Crippen molar-refractivity contribution in [2.75, 3.05) is 7.05 Å². The van der Waals surface area contributed by atoms with E-state index >= 15 is 0 Å². The first-order chi connectivity index (χ1) is 11.5. The van der Waals surface area contributed by atoms with Gasteiger partial charge in [0.1, 0.15) is 6.04 Å². The number of nitrogens with one attached hydrogen (secondary N) is 3. The number of amides is 4. The monoisotopic (exact) mass is 328 g/mol. The van der Waals surface area contributed by atoms with Gasteiger partial charge in [-0.1, -0.05) is 18.2 Å². The van der Waals surface area contributed by atoms with E-state index in [-0.39, 0.29) is 18.2 Å². The molecule has 1 saturated heterocycles. The molecule has 7 nitrogen and oxygen atoms in total. The highest BCUT2D eigenvalue weighted by atomic mass is 16.2. The van der Waals surface area contributed by atoms with Crippen LogP contribution in [0.25, 0.3) is 10.9 Å². The number of imide groups is 1. The molecule has 2 heterocycles. The van der Waals surface area contributed by atoms with Gasteiger partial charge in [0.2, 0.25) is 5.91 Å². The van der Waals surface area contributed by atoms with Crippen molar-refractivity contribution in [3.8, 4) is 0 Å². The predicted molar refractivity (Wildman–Crippen MR) is 89.2 cm³/mol. The number of benzene rings is 1. The van der Waals surface area contributed by atoms with Crippen molar-refractivity contribution >= 4 is 28.7 Å². The minimum Gasteiger partial charge on any atom is -0.357 e. The highest BCUT2D eigenvalue weighted by Gasteiger charge is 2.29. The Hall–Kier alpha value is -2.83. The van der Waals surface area contributed by atoms with Gasteiger partial charge in [-0.2, -0.15) is 0 Å². The first kappa shape index (κ1) is 16.0. The molecule has 126 valence electrons. The van der Waals surface area contributed by atoms with Gasteiger partial charge in [0.25, 0.3) is 5.91 Å². The van der Waals surface area contributed by atoms with Crippen LogP contribution in [0.5, 0.6) is 0 Å². The molecule has 0 radical (unpaired) electrons. The molecule has 1 atom stereocenters. The zero-order valence-electron chi connectivity index (χ0n) is 13.7. The van der Waals surface area contributed by atoms with Crippen molar-refractivity contribution in [2.24, 2.45) is 0 Å². The Morgan fingerprint density at radius 1 is 1.25 bits per heavy atom. The average Bonchev–Trinajstić information content (AvgIpc) is 3.04. The van der Waals surface area contributed by atoms with Gasteiger partial charge >= 0.3 is 6.03 Å². The second-order valence-corrected chi connectivity index (χ2v) is 6.08. The van der Waals surface area contributed by atoms with E-state index in [1.54, 1.807) is 11.9 Å².